The first-order valence-electron chi connectivity index (χ1n) is 10.6. The number of halogens is 6. The fourth-order valence-corrected chi connectivity index (χ4v) is 4.25. The molecule has 4 atom stereocenters. The van der Waals surface area contributed by atoms with Crippen LogP contribution < -0.4 is 0 Å². The molecule has 1 saturated heterocycles. The summed E-state index contributed by atoms with van der Waals surface area (Å²) < 4.78 is 91.7. The summed E-state index contributed by atoms with van der Waals surface area (Å²) in [6, 6.07) is 10.7. The van der Waals surface area contributed by atoms with Crippen LogP contribution in [0.25, 0.3) is 0 Å². The maximum Gasteiger partial charge on any atom is 0.416 e. The fraction of sp³-hybridized carbons (Fsp3) is 0.375. The minimum atomic E-state index is -4.94. The average molecular weight is 484 g/mol. The molecular weight excluding hydrogens is 462 g/mol. The number of rotatable bonds is 5. The molecule has 0 bridgehead atoms. The Morgan fingerprint density at radius 2 is 1.65 bits per heavy atom. The number of ether oxygens (including phenoxy) is 2. The van der Waals surface area contributed by atoms with Crippen molar-refractivity contribution in [1.29, 1.82) is 0 Å². The van der Waals surface area contributed by atoms with Gasteiger partial charge in [-0.15, -0.1) is 0 Å². The molecule has 4 rings (SSSR count). The number of hydrogen-bond acceptors (Lipinski definition) is 3. The lowest BCUT2D eigenvalue weighted by Crippen LogP contribution is -2.36. The Balaban J connectivity index is 1.68. The van der Waals surface area contributed by atoms with Gasteiger partial charge in [-0.05, 0) is 42.7 Å². The molecule has 2 aromatic carbocycles. The molecule has 0 saturated carbocycles. The maximum absolute atomic E-state index is 13.3. The van der Waals surface area contributed by atoms with Crippen molar-refractivity contribution in [2.75, 3.05) is 6.61 Å². The molecule has 4 unspecified atom stereocenters. The average Bonchev–Trinajstić information content (AvgIpc) is 3.33. The van der Waals surface area contributed by atoms with Crippen LogP contribution >= 0.6 is 0 Å². The van der Waals surface area contributed by atoms with E-state index in [1.807, 2.05) is 30.3 Å². The van der Waals surface area contributed by atoms with E-state index < -0.39 is 35.9 Å². The van der Waals surface area contributed by atoms with E-state index in [1.165, 1.54) is 6.92 Å². The topological polar surface area (TPSA) is 47.1 Å². The number of aromatic nitrogens is 2. The van der Waals surface area contributed by atoms with Crippen molar-refractivity contribution in [3.63, 3.8) is 0 Å². The Morgan fingerprint density at radius 3 is 2.21 bits per heavy atom. The van der Waals surface area contributed by atoms with E-state index >= 15 is 0 Å². The van der Waals surface area contributed by atoms with E-state index in [9.17, 15) is 26.3 Å². The quantitative estimate of drug-likeness (QED) is 0.404. The highest BCUT2D eigenvalue weighted by Crippen LogP contribution is 2.44. The molecule has 1 fully saturated rings. The van der Waals surface area contributed by atoms with Crippen molar-refractivity contribution in [1.82, 2.24) is 9.97 Å². The molecule has 0 spiro atoms. The van der Waals surface area contributed by atoms with Crippen LogP contribution in [0.2, 0.25) is 0 Å². The van der Waals surface area contributed by atoms with E-state index in [0.29, 0.717) is 31.0 Å². The zero-order valence-corrected chi connectivity index (χ0v) is 18.0. The van der Waals surface area contributed by atoms with Gasteiger partial charge in [-0.3, -0.25) is 0 Å². The van der Waals surface area contributed by atoms with Gasteiger partial charge in [-0.25, -0.2) is 4.98 Å². The van der Waals surface area contributed by atoms with Gasteiger partial charge in [0, 0.05) is 24.2 Å². The normalized spacial score (nSPS) is 22.5. The summed E-state index contributed by atoms with van der Waals surface area (Å²) in [4.78, 5) is 7.44. The molecular formula is C24H22F6N2O2. The Morgan fingerprint density at radius 1 is 1.00 bits per heavy atom. The molecule has 2 heterocycles. The predicted octanol–water partition coefficient (Wildman–Crippen LogP) is 6.84. The highest BCUT2D eigenvalue weighted by Gasteiger charge is 2.41. The van der Waals surface area contributed by atoms with Gasteiger partial charge >= 0.3 is 12.4 Å². The molecule has 1 aliphatic rings. The van der Waals surface area contributed by atoms with Crippen molar-refractivity contribution in [3.8, 4) is 0 Å². The van der Waals surface area contributed by atoms with E-state index in [-0.39, 0.29) is 23.5 Å². The maximum atomic E-state index is 13.3. The van der Waals surface area contributed by atoms with Crippen molar-refractivity contribution in [3.05, 3.63) is 89.0 Å². The van der Waals surface area contributed by atoms with E-state index in [4.69, 9.17) is 9.47 Å². The SMILES string of the molecule is CC(OC1OCCC(c2ncc[nH]2)C1c1ccccc1)c1cc(C(F)(F)F)cc(C(F)(F)F)c1. The summed E-state index contributed by atoms with van der Waals surface area (Å²) >= 11 is 0. The van der Waals surface area contributed by atoms with Gasteiger partial charge in [0.1, 0.15) is 5.82 Å². The smallest absolute Gasteiger partial charge is 0.352 e. The Hall–Kier alpha value is -2.85. The summed E-state index contributed by atoms with van der Waals surface area (Å²) in [5.74, 6) is 0.184. The third-order valence-electron chi connectivity index (χ3n) is 5.91. The van der Waals surface area contributed by atoms with Gasteiger partial charge in [0.15, 0.2) is 6.29 Å². The van der Waals surface area contributed by atoms with E-state index in [1.54, 1.807) is 12.4 Å². The zero-order chi connectivity index (χ0) is 24.5. The number of aromatic amines is 1. The van der Waals surface area contributed by atoms with Gasteiger partial charge in [0.2, 0.25) is 0 Å². The second-order valence-corrected chi connectivity index (χ2v) is 8.16. The number of nitrogens with one attached hydrogen (secondary N) is 1. The van der Waals surface area contributed by atoms with Crippen LogP contribution in [-0.2, 0) is 21.8 Å². The van der Waals surface area contributed by atoms with Crippen LogP contribution in [-0.4, -0.2) is 22.9 Å². The predicted molar refractivity (Wildman–Crippen MR) is 111 cm³/mol. The number of imidazole rings is 1. The molecule has 0 amide bonds. The van der Waals surface area contributed by atoms with Crippen LogP contribution in [0.15, 0.2) is 60.9 Å². The number of hydrogen-bond donors (Lipinski definition) is 1. The molecule has 4 nitrogen and oxygen atoms in total. The third kappa shape index (κ3) is 5.28. The molecule has 1 aliphatic heterocycles. The molecule has 10 heteroatoms. The van der Waals surface area contributed by atoms with E-state index in [0.717, 1.165) is 5.56 Å². The Kier molecular flexibility index (Phi) is 6.73. The first-order chi connectivity index (χ1) is 16.0. The third-order valence-corrected chi connectivity index (χ3v) is 5.91. The lowest BCUT2D eigenvalue weighted by molar-refractivity contribution is -0.202. The first-order valence-corrected chi connectivity index (χ1v) is 10.6. The number of benzene rings is 2. The van der Waals surface area contributed by atoms with Gasteiger partial charge in [-0.2, -0.15) is 26.3 Å². The summed E-state index contributed by atoms with van der Waals surface area (Å²) in [5.41, 5.74) is -2.14. The van der Waals surface area contributed by atoms with Crippen LogP contribution in [0.4, 0.5) is 26.3 Å². The van der Waals surface area contributed by atoms with Gasteiger partial charge in [-0.1, -0.05) is 30.3 Å². The Labute approximate surface area is 191 Å². The lowest BCUT2D eigenvalue weighted by atomic mass is 9.81. The zero-order valence-electron chi connectivity index (χ0n) is 18.0. The van der Waals surface area contributed by atoms with Crippen LogP contribution in [0.1, 0.15) is 59.4 Å². The first kappa shape index (κ1) is 24.3. The minimum Gasteiger partial charge on any atom is -0.352 e. The highest BCUT2D eigenvalue weighted by molar-refractivity contribution is 5.35. The van der Waals surface area contributed by atoms with Crippen LogP contribution in [0.3, 0.4) is 0 Å². The second kappa shape index (κ2) is 9.42. The lowest BCUT2D eigenvalue weighted by Gasteiger charge is -2.38. The van der Waals surface area contributed by atoms with Crippen molar-refractivity contribution < 1.29 is 35.8 Å². The fourth-order valence-electron chi connectivity index (χ4n) is 4.25. The molecule has 34 heavy (non-hydrogen) atoms. The molecule has 0 radical (unpaired) electrons. The Bertz CT molecular complexity index is 1050. The summed E-state index contributed by atoms with van der Waals surface area (Å²) in [6.07, 6.45) is -7.97. The largest absolute Gasteiger partial charge is 0.416 e. The highest BCUT2D eigenvalue weighted by atomic mass is 19.4. The number of nitrogens with zero attached hydrogens (tertiary/aromatic N) is 1. The molecule has 182 valence electrons. The summed E-state index contributed by atoms with van der Waals surface area (Å²) in [5, 5.41) is 0. The number of alkyl halides is 6. The van der Waals surface area contributed by atoms with Crippen molar-refractivity contribution in [2.45, 2.75) is 49.9 Å². The second-order valence-electron chi connectivity index (χ2n) is 8.16. The molecule has 3 aromatic rings. The number of H-pyrrole nitrogens is 1. The summed E-state index contributed by atoms with van der Waals surface area (Å²) in [6.45, 7) is 1.71. The van der Waals surface area contributed by atoms with Crippen molar-refractivity contribution >= 4 is 0 Å². The monoisotopic (exact) mass is 484 g/mol. The van der Waals surface area contributed by atoms with Gasteiger partial charge < -0.3 is 14.5 Å². The molecule has 1 aromatic heterocycles. The van der Waals surface area contributed by atoms with E-state index in [2.05, 4.69) is 9.97 Å². The molecule has 0 aliphatic carbocycles. The summed E-state index contributed by atoms with van der Waals surface area (Å²) in [7, 11) is 0. The van der Waals surface area contributed by atoms with Crippen LogP contribution in [0.5, 0.6) is 0 Å². The molecule has 1 N–H and O–H groups in total. The van der Waals surface area contributed by atoms with Crippen LogP contribution in [0, 0.1) is 0 Å². The van der Waals surface area contributed by atoms with Gasteiger partial charge in [0.25, 0.3) is 0 Å². The minimum absolute atomic E-state index is 0.104. The standard InChI is InChI=1S/C24H22F6N2O2/c1-14(16-11-17(23(25,26)27)13-18(12-16)24(28,29)30)34-22-20(15-5-3-2-4-6-15)19(7-10-33-22)21-31-8-9-32-21/h2-6,8-9,11-14,19-20,22H,7,10H2,1H3,(H,31,32). The van der Waals surface area contributed by atoms with Gasteiger partial charge in [0.05, 0.1) is 23.8 Å². The van der Waals surface area contributed by atoms with Crippen molar-refractivity contribution in [2.24, 2.45) is 0 Å².